The van der Waals surface area contributed by atoms with Gasteiger partial charge in [0.25, 0.3) is 6.01 Å². The van der Waals surface area contributed by atoms with Crippen LogP contribution in [0.3, 0.4) is 0 Å². The first-order valence-corrected chi connectivity index (χ1v) is 3.22. The number of nitrogens with zero attached hydrogens (tertiary/aromatic N) is 2. The van der Waals surface area contributed by atoms with Gasteiger partial charge in [0.2, 0.25) is 0 Å². The lowest BCUT2D eigenvalue weighted by molar-refractivity contribution is 0.297. The van der Waals surface area contributed by atoms with E-state index >= 15 is 0 Å². The van der Waals surface area contributed by atoms with Crippen LogP contribution in [-0.4, -0.2) is 16.2 Å². The molecule has 0 aliphatic heterocycles. The van der Waals surface area contributed by atoms with Gasteiger partial charge in [-0.05, 0) is 6.92 Å². The number of nitrogens with two attached hydrogens (primary N) is 1. The molecule has 1 heterocycles. The molecule has 0 fully saturated rings. The van der Waals surface area contributed by atoms with Gasteiger partial charge >= 0.3 is 0 Å². The van der Waals surface area contributed by atoms with E-state index in [4.69, 9.17) is 10.5 Å². The Balaban J connectivity index is 2.70. The molecule has 1 rings (SSSR count). The van der Waals surface area contributed by atoms with Crippen LogP contribution in [0.5, 0.6) is 6.01 Å². The van der Waals surface area contributed by atoms with Crippen LogP contribution in [0.2, 0.25) is 0 Å². The minimum absolute atomic E-state index is 0.412. The molecular weight excluding hydrogens is 130 g/mol. The van der Waals surface area contributed by atoms with E-state index in [-0.39, 0.29) is 0 Å². The summed E-state index contributed by atoms with van der Waals surface area (Å²) in [6.45, 7) is 2.95. The molecule has 0 saturated carbocycles. The minimum Gasteiger partial charge on any atom is -0.465 e. The van der Waals surface area contributed by atoms with Crippen molar-refractivity contribution in [1.29, 1.82) is 0 Å². The van der Waals surface area contributed by atoms with Crippen LogP contribution in [-0.2, 0) is 6.67 Å². The summed E-state index contributed by atoms with van der Waals surface area (Å²) in [4.78, 5) is 3.94. The third kappa shape index (κ3) is 1.27. The Morgan fingerprint density at radius 3 is 3.20 bits per heavy atom. The van der Waals surface area contributed by atoms with Crippen molar-refractivity contribution < 1.29 is 4.74 Å². The molecule has 2 N–H and O–H groups in total. The Hall–Kier alpha value is -1.03. The maximum atomic E-state index is 5.37. The van der Waals surface area contributed by atoms with E-state index in [1.807, 2.05) is 6.92 Å². The maximum absolute atomic E-state index is 5.37. The first-order valence-electron chi connectivity index (χ1n) is 3.22. The Bertz CT molecular complexity index is 197. The zero-order valence-corrected chi connectivity index (χ0v) is 5.95. The fourth-order valence-corrected chi connectivity index (χ4v) is 0.704. The highest BCUT2D eigenvalue weighted by Crippen LogP contribution is 2.04. The van der Waals surface area contributed by atoms with Crippen LogP contribution in [0.15, 0.2) is 12.4 Å². The van der Waals surface area contributed by atoms with Gasteiger partial charge in [-0.3, -0.25) is 4.57 Å². The largest absolute Gasteiger partial charge is 0.465 e. The highest BCUT2D eigenvalue weighted by Gasteiger charge is 1.98. The Labute approximate surface area is 59.6 Å². The Kier molecular flexibility index (Phi) is 2.28. The third-order valence-electron chi connectivity index (χ3n) is 1.15. The van der Waals surface area contributed by atoms with E-state index in [9.17, 15) is 0 Å². The summed E-state index contributed by atoms with van der Waals surface area (Å²) < 4.78 is 6.88. The van der Waals surface area contributed by atoms with Gasteiger partial charge < -0.3 is 10.5 Å². The molecule has 0 aliphatic carbocycles. The predicted molar refractivity (Wildman–Crippen MR) is 37.6 cm³/mol. The smallest absolute Gasteiger partial charge is 0.297 e. The van der Waals surface area contributed by atoms with Gasteiger partial charge in [0.15, 0.2) is 0 Å². The molecule has 56 valence electrons. The molecule has 4 nitrogen and oxygen atoms in total. The lowest BCUT2D eigenvalue weighted by atomic mass is 10.8. The zero-order valence-electron chi connectivity index (χ0n) is 5.95. The molecular formula is C6H11N3O. The molecule has 0 aromatic carbocycles. The molecule has 1 aromatic rings. The lowest BCUT2D eigenvalue weighted by Gasteiger charge is -2.02. The highest BCUT2D eigenvalue weighted by molar-refractivity contribution is 4.97. The van der Waals surface area contributed by atoms with Crippen molar-refractivity contribution in [1.82, 2.24) is 9.55 Å². The van der Waals surface area contributed by atoms with Crippen molar-refractivity contribution in [3.63, 3.8) is 0 Å². The summed E-state index contributed by atoms with van der Waals surface area (Å²) in [6.07, 6.45) is 3.45. The van der Waals surface area contributed by atoms with E-state index in [2.05, 4.69) is 4.98 Å². The van der Waals surface area contributed by atoms with E-state index in [0.29, 0.717) is 19.3 Å². The Morgan fingerprint density at radius 1 is 1.80 bits per heavy atom. The number of ether oxygens (including phenoxy) is 1. The van der Waals surface area contributed by atoms with Crippen molar-refractivity contribution in [3.05, 3.63) is 12.4 Å². The lowest BCUT2D eigenvalue weighted by Crippen LogP contribution is -2.08. The van der Waals surface area contributed by atoms with Gasteiger partial charge in [-0.1, -0.05) is 0 Å². The summed E-state index contributed by atoms with van der Waals surface area (Å²) in [7, 11) is 0. The number of aromatic nitrogens is 2. The normalized spacial score (nSPS) is 9.80. The zero-order chi connectivity index (χ0) is 7.40. The standard InChI is InChI=1S/C6H11N3O/c1-2-10-6-8-3-4-9(6)5-7/h3-4H,2,5,7H2,1H3. The highest BCUT2D eigenvalue weighted by atomic mass is 16.5. The number of imidazole rings is 1. The number of hydrogen-bond acceptors (Lipinski definition) is 3. The second-order valence-electron chi connectivity index (χ2n) is 1.80. The van der Waals surface area contributed by atoms with E-state index in [0.717, 1.165) is 0 Å². The van der Waals surface area contributed by atoms with Crippen LogP contribution in [0.1, 0.15) is 6.92 Å². The molecule has 0 unspecified atom stereocenters. The fourth-order valence-electron chi connectivity index (χ4n) is 0.704. The average molecular weight is 141 g/mol. The summed E-state index contributed by atoms with van der Waals surface area (Å²) >= 11 is 0. The van der Waals surface area contributed by atoms with Gasteiger partial charge in [0, 0.05) is 12.4 Å². The maximum Gasteiger partial charge on any atom is 0.297 e. The fraction of sp³-hybridized carbons (Fsp3) is 0.500. The Morgan fingerprint density at radius 2 is 2.60 bits per heavy atom. The molecule has 0 spiro atoms. The predicted octanol–water partition coefficient (Wildman–Crippen LogP) is 0.198. The van der Waals surface area contributed by atoms with Crippen LogP contribution in [0, 0.1) is 0 Å². The first kappa shape index (κ1) is 7.08. The third-order valence-corrected chi connectivity index (χ3v) is 1.15. The van der Waals surface area contributed by atoms with Crippen LogP contribution in [0.4, 0.5) is 0 Å². The molecule has 1 aromatic heterocycles. The van der Waals surface area contributed by atoms with E-state index in [1.54, 1.807) is 17.0 Å². The van der Waals surface area contributed by atoms with E-state index < -0.39 is 0 Å². The van der Waals surface area contributed by atoms with Crippen LogP contribution < -0.4 is 10.5 Å². The van der Waals surface area contributed by atoms with Crippen molar-refractivity contribution in [2.75, 3.05) is 6.61 Å². The van der Waals surface area contributed by atoms with Crippen molar-refractivity contribution in [3.8, 4) is 6.01 Å². The van der Waals surface area contributed by atoms with Crippen molar-refractivity contribution in [2.45, 2.75) is 13.6 Å². The van der Waals surface area contributed by atoms with Crippen LogP contribution in [0.25, 0.3) is 0 Å². The molecule has 10 heavy (non-hydrogen) atoms. The second-order valence-corrected chi connectivity index (χ2v) is 1.80. The molecule has 0 radical (unpaired) electrons. The van der Waals surface area contributed by atoms with Gasteiger partial charge in [0.1, 0.15) is 0 Å². The van der Waals surface area contributed by atoms with Crippen LogP contribution >= 0.6 is 0 Å². The van der Waals surface area contributed by atoms with E-state index in [1.165, 1.54) is 0 Å². The molecule has 0 atom stereocenters. The summed E-state index contributed by atoms with van der Waals surface area (Å²) in [5.41, 5.74) is 5.37. The van der Waals surface area contributed by atoms with Gasteiger partial charge in [-0.25, -0.2) is 4.98 Å². The van der Waals surface area contributed by atoms with Crippen molar-refractivity contribution >= 4 is 0 Å². The molecule has 4 heteroatoms. The minimum atomic E-state index is 0.412. The number of hydrogen-bond donors (Lipinski definition) is 1. The average Bonchev–Trinajstić information content (AvgIpc) is 2.36. The molecule has 0 saturated heterocycles. The monoisotopic (exact) mass is 141 g/mol. The topological polar surface area (TPSA) is 53.1 Å². The summed E-state index contributed by atoms with van der Waals surface area (Å²) in [6, 6.07) is 0.588. The molecule has 0 amide bonds. The SMILES string of the molecule is CCOc1nccn1CN. The first-order chi connectivity index (χ1) is 4.88. The van der Waals surface area contributed by atoms with Gasteiger partial charge in [-0.15, -0.1) is 0 Å². The summed E-state index contributed by atoms with van der Waals surface area (Å²) in [5.74, 6) is 0. The molecule has 0 aliphatic rings. The molecule has 0 bridgehead atoms. The quantitative estimate of drug-likeness (QED) is 0.654. The number of rotatable bonds is 3. The van der Waals surface area contributed by atoms with Crippen molar-refractivity contribution in [2.24, 2.45) is 5.73 Å². The van der Waals surface area contributed by atoms with Gasteiger partial charge in [0.05, 0.1) is 13.3 Å². The van der Waals surface area contributed by atoms with Gasteiger partial charge in [-0.2, -0.15) is 0 Å². The second kappa shape index (κ2) is 3.22. The summed E-state index contributed by atoms with van der Waals surface area (Å²) in [5, 5.41) is 0.